The van der Waals surface area contributed by atoms with Crippen LogP contribution in [0.3, 0.4) is 0 Å². The second kappa shape index (κ2) is 6.71. The Hall–Kier alpha value is -3.01. The molecule has 132 valence electrons. The van der Waals surface area contributed by atoms with Crippen LogP contribution in [-0.2, 0) is 24.1 Å². The normalized spacial score (nSPS) is 12.2. The SMILES string of the molecule is COc1ccc(OC)c(CC(=O)Nc2ccc3c4c(cccc24)CC3)c1. The predicted octanol–water partition coefficient (Wildman–Crippen LogP) is 4.14. The molecule has 4 rings (SSSR count). The van der Waals surface area contributed by atoms with E-state index in [0.717, 1.165) is 29.5 Å². The molecule has 0 heterocycles. The summed E-state index contributed by atoms with van der Waals surface area (Å²) in [6.45, 7) is 0. The third kappa shape index (κ3) is 2.88. The third-order valence-corrected chi connectivity index (χ3v) is 4.99. The van der Waals surface area contributed by atoms with E-state index in [1.807, 2.05) is 24.3 Å². The Morgan fingerprint density at radius 1 is 1.00 bits per heavy atom. The highest BCUT2D eigenvalue weighted by molar-refractivity contribution is 6.05. The van der Waals surface area contributed by atoms with Crippen molar-refractivity contribution in [2.24, 2.45) is 0 Å². The first-order valence-electron chi connectivity index (χ1n) is 8.74. The van der Waals surface area contributed by atoms with Gasteiger partial charge in [-0.3, -0.25) is 4.79 Å². The average Bonchev–Trinajstić information content (AvgIpc) is 3.08. The number of hydrogen-bond acceptors (Lipinski definition) is 3. The molecule has 0 aliphatic heterocycles. The summed E-state index contributed by atoms with van der Waals surface area (Å²) >= 11 is 0. The smallest absolute Gasteiger partial charge is 0.228 e. The maximum Gasteiger partial charge on any atom is 0.228 e. The van der Waals surface area contributed by atoms with E-state index in [0.29, 0.717) is 11.5 Å². The van der Waals surface area contributed by atoms with Gasteiger partial charge < -0.3 is 14.8 Å². The molecule has 0 atom stereocenters. The monoisotopic (exact) mass is 347 g/mol. The van der Waals surface area contributed by atoms with Gasteiger partial charge in [-0.25, -0.2) is 0 Å². The first-order valence-corrected chi connectivity index (χ1v) is 8.74. The summed E-state index contributed by atoms with van der Waals surface area (Å²) in [7, 11) is 3.21. The summed E-state index contributed by atoms with van der Waals surface area (Å²) in [5.41, 5.74) is 4.39. The lowest BCUT2D eigenvalue weighted by molar-refractivity contribution is -0.115. The molecular weight excluding hydrogens is 326 g/mol. The number of nitrogens with one attached hydrogen (secondary N) is 1. The van der Waals surface area contributed by atoms with E-state index in [9.17, 15) is 4.79 Å². The van der Waals surface area contributed by atoms with E-state index in [2.05, 4.69) is 29.6 Å². The fourth-order valence-electron chi connectivity index (χ4n) is 3.74. The highest BCUT2D eigenvalue weighted by Crippen LogP contribution is 2.35. The maximum absolute atomic E-state index is 12.7. The van der Waals surface area contributed by atoms with Gasteiger partial charge >= 0.3 is 0 Å². The largest absolute Gasteiger partial charge is 0.497 e. The van der Waals surface area contributed by atoms with Crippen molar-refractivity contribution in [3.63, 3.8) is 0 Å². The number of carbonyl (C=O) groups excluding carboxylic acids is 1. The molecule has 0 aromatic heterocycles. The standard InChI is InChI=1S/C22H21NO3/c1-25-17-9-11-20(26-2)16(12-17)13-21(24)23-19-10-8-15-7-6-14-4-3-5-18(19)22(14)15/h3-5,8-12H,6-7,13H2,1-2H3,(H,23,24). The summed E-state index contributed by atoms with van der Waals surface area (Å²) in [6, 6.07) is 15.9. The van der Waals surface area contributed by atoms with Crippen LogP contribution in [0.2, 0.25) is 0 Å². The number of methoxy groups -OCH3 is 2. The number of rotatable bonds is 5. The zero-order valence-electron chi connectivity index (χ0n) is 15.0. The van der Waals surface area contributed by atoms with E-state index in [1.54, 1.807) is 14.2 Å². The molecule has 1 N–H and O–H groups in total. The van der Waals surface area contributed by atoms with Crippen molar-refractivity contribution in [1.82, 2.24) is 0 Å². The average molecular weight is 347 g/mol. The molecule has 0 saturated carbocycles. The quantitative estimate of drug-likeness (QED) is 0.755. The minimum Gasteiger partial charge on any atom is -0.497 e. The van der Waals surface area contributed by atoms with Crippen LogP contribution in [0.25, 0.3) is 10.8 Å². The second-order valence-corrected chi connectivity index (χ2v) is 6.51. The van der Waals surface area contributed by atoms with Crippen LogP contribution < -0.4 is 14.8 Å². The van der Waals surface area contributed by atoms with Gasteiger partial charge in [-0.1, -0.05) is 24.3 Å². The molecule has 3 aromatic carbocycles. The lowest BCUT2D eigenvalue weighted by Crippen LogP contribution is -2.15. The van der Waals surface area contributed by atoms with Crippen molar-refractivity contribution in [1.29, 1.82) is 0 Å². The highest BCUT2D eigenvalue weighted by atomic mass is 16.5. The molecule has 3 aromatic rings. The van der Waals surface area contributed by atoms with E-state index in [1.165, 1.54) is 16.5 Å². The minimum absolute atomic E-state index is 0.0738. The molecule has 4 nitrogen and oxygen atoms in total. The predicted molar refractivity (Wildman–Crippen MR) is 103 cm³/mol. The molecule has 0 radical (unpaired) electrons. The molecule has 0 fully saturated rings. The number of amides is 1. The molecule has 0 spiro atoms. The Balaban J connectivity index is 1.61. The van der Waals surface area contributed by atoms with Gasteiger partial charge in [0.2, 0.25) is 5.91 Å². The second-order valence-electron chi connectivity index (χ2n) is 6.51. The minimum atomic E-state index is -0.0738. The molecule has 1 aliphatic rings. The first kappa shape index (κ1) is 16.5. The lowest BCUT2D eigenvalue weighted by atomic mass is 10.0. The van der Waals surface area contributed by atoms with Crippen molar-refractivity contribution in [2.45, 2.75) is 19.3 Å². The molecule has 4 heteroatoms. The molecule has 0 bridgehead atoms. The van der Waals surface area contributed by atoms with Crippen LogP contribution in [0.15, 0.2) is 48.5 Å². The van der Waals surface area contributed by atoms with Crippen LogP contribution in [0.4, 0.5) is 5.69 Å². The van der Waals surface area contributed by atoms with Crippen molar-refractivity contribution >= 4 is 22.4 Å². The number of hydrogen-bond donors (Lipinski definition) is 1. The van der Waals surface area contributed by atoms with Gasteiger partial charge in [0.05, 0.1) is 20.6 Å². The summed E-state index contributed by atoms with van der Waals surface area (Å²) in [4.78, 5) is 12.7. The number of carbonyl (C=O) groups is 1. The molecule has 1 amide bonds. The van der Waals surface area contributed by atoms with Gasteiger partial charge in [-0.05, 0) is 53.6 Å². The number of benzene rings is 3. The highest BCUT2D eigenvalue weighted by Gasteiger charge is 2.17. The summed E-state index contributed by atoms with van der Waals surface area (Å²) < 4.78 is 10.6. The number of anilines is 1. The Bertz CT molecular complexity index is 984. The van der Waals surface area contributed by atoms with Gasteiger partial charge in [0, 0.05) is 16.6 Å². The number of ether oxygens (including phenoxy) is 2. The Morgan fingerprint density at radius 2 is 1.81 bits per heavy atom. The molecule has 0 saturated heterocycles. The molecule has 0 unspecified atom stereocenters. The van der Waals surface area contributed by atoms with Crippen molar-refractivity contribution < 1.29 is 14.3 Å². The zero-order valence-corrected chi connectivity index (χ0v) is 15.0. The van der Waals surface area contributed by atoms with Crippen LogP contribution in [-0.4, -0.2) is 20.1 Å². The Kier molecular flexibility index (Phi) is 4.25. The van der Waals surface area contributed by atoms with Crippen LogP contribution in [0.1, 0.15) is 16.7 Å². The van der Waals surface area contributed by atoms with Gasteiger partial charge in [-0.15, -0.1) is 0 Å². The van der Waals surface area contributed by atoms with Crippen LogP contribution in [0, 0.1) is 0 Å². The third-order valence-electron chi connectivity index (χ3n) is 4.99. The Morgan fingerprint density at radius 3 is 2.58 bits per heavy atom. The number of aryl methyl sites for hydroxylation is 2. The zero-order chi connectivity index (χ0) is 18.1. The van der Waals surface area contributed by atoms with Gasteiger partial charge in [0.1, 0.15) is 11.5 Å². The molecule has 1 aliphatic carbocycles. The van der Waals surface area contributed by atoms with Crippen molar-refractivity contribution in [2.75, 3.05) is 19.5 Å². The van der Waals surface area contributed by atoms with E-state index >= 15 is 0 Å². The van der Waals surface area contributed by atoms with Gasteiger partial charge in [0.25, 0.3) is 0 Å². The fraction of sp³-hybridized carbons (Fsp3) is 0.227. The fourth-order valence-corrected chi connectivity index (χ4v) is 3.74. The summed E-state index contributed by atoms with van der Waals surface area (Å²) in [5, 5.41) is 5.48. The first-order chi connectivity index (χ1) is 12.7. The van der Waals surface area contributed by atoms with E-state index in [-0.39, 0.29) is 12.3 Å². The lowest BCUT2D eigenvalue weighted by Gasteiger charge is -2.13. The van der Waals surface area contributed by atoms with Crippen LogP contribution >= 0.6 is 0 Å². The van der Waals surface area contributed by atoms with Crippen molar-refractivity contribution in [3.05, 3.63) is 65.2 Å². The Labute approximate surface area is 152 Å². The summed E-state index contributed by atoms with van der Waals surface area (Å²) in [5.74, 6) is 1.32. The maximum atomic E-state index is 12.7. The molecule has 26 heavy (non-hydrogen) atoms. The van der Waals surface area contributed by atoms with Crippen LogP contribution in [0.5, 0.6) is 11.5 Å². The van der Waals surface area contributed by atoms with E-state index in [4.69, 9.17) is 9.47 Å². The summed E-state index contributed by atoms with van der Waals surface area (Å²) in [6.07, 6.45) is 2.37. The van der Waals surface area contributed by atoms with Gasteiger partial charge in [0.15, 0.2) is 0 Å². The van der Waals surface area contributed by atoms with E-state index < -0.39 is 0 Å². The van der Waals surface area contributed by atoms with Crippen molar-refractivity contribution in [3.8, 4) is 11.5 Å². The topological polar surface area (TPSA) is 47.6 Å². The van der Waals surface area contributed by atoms with Gasteiger partial charge in [-0.2, -0.15) is 0 Å². The molecular formula is C22H21NO3.